The number of rotatable bonds is 7. The quantitative estimate of drug-likeness (QED) is 0.680. The van der Waals surface area contributed by atoms with Gasteiger partial charge in [0.15, 0.2) is 19.7 Å². The molecule has 0 amide bonds. The van der Waals surface area contributed by atoms with Crippen LogP contribution in [0.3, 0.4) is 0 Å². The van der Waals surface area contributed by atoms with Crippen molar-refractivity contribution in [1.82, 2.24) is 9.80 Å². The number of sulfone groups is 2. The van der Waals surface area contributed by atoms with Crippen molar-refractivity contribution >= 4 is 36.7 Å². The second-order valence-electron chi connectivity index (χ2n) is 7.45. The third-order valence-corrected chi connectivity index (χ3v) is 8.34. The van der Waals surface area contributed by atoms with Gasteiger partial charge >= 0.3 is 0 Å². The van der Waals surface area contributed by atoms with Gasteiger partial charge in [-0.05, 0) is 36.7 Å². The summed E-state index contributed by atoms with van der Waals surface area (Å²) >= 11 is 1.68. The van der Waals surface area contributed by atoms with Crippen LogP contribution in [0, 0.1) is 0 Å². The molecule has 1 aromatic heterocycles. The molecule has 7 nitrogen and oxygen atoms in total. The number of piperazine rings is 1. The third kappa shape index (κ3) is 5.58. The summed E-state index contributed by atoms with van der Waals surface area (Å²) in [5.74, 6) is 0. The van der Waals surface area contributed by atoms with E-state index in [2.05, 4.69) is 28.2 Å². The molecule has 1 saturated heterocycles. The van der Waals surface area contributed by atoms with Crippen molar-refractivity contribution in [2.24, 2.45) is 0 Å². The molecule has 10 heteroatoms. The van der Waals surface area contributed by atoms with E-state index < -0.39 is 19.7 Å². The first-order valence-corrected chi connectivity index (χ1v) is 14.0. The highest BCUT2D eigenvalue weighted by molar-refractivity contribution is 7.91. The summed E-state index contributed by atoms with van der Waals surface area (Å²) in [6.07, 6.45) is 2.17. The zero-order valence-electron chi connectivity index (χ0n) is 16.8. The van der Waals surface area contributed by atoms with Crippen LogP contribution in [0.4, 0.5) is 5.69 Å². The highest BCUT2D eigenvalue weighted by atomic mass is 32.2. The first-order chi connectivity index (χ1) is 13.6. The van der Waals surface area contributed by atoms with Crippen LogP contribution >= 0.6 is 11.3 Å². The molecular formula is C19H27N3O4S3. The van der Waals surface area contributed by atoms with E-state index in [0.29, 0.717) is 12.2 Å². The number of nitrogens with one attached hydrogen (secondary N) is 1. The van der Waals surface area contributed by atoms with Gasteiger partial charge in [-0.3, -0.25) is 4.90 Å². The predicted octanol–water partition coefficient (Wildman–Crippen LogP) is 1.96. The summed E-state index contributed by atoms with van der Waals surface area (Å²) in [5, 5.41) is 5.32. The fourth-order valence-electron chi connectivity index (χ4n) is 3.42. The molecule has 0 aliphatic carbocycles. The normalized spacial score (nSPS) is 17.9. The minimum absolute atomic E-state index is 0.00245. The molecule has 0 bridgehead atoms. The van der Waals surface area contributed by atoms with Crippen molar-refractivity contribution in [3.8, 4) is 0 Å². The van der Waals surface area contributed by atoms with Gasteiger partial charge in [-0.15, -0.1) is 11.3 Å². The van der Waals surface area contributed by atoms with E-state index in [1.54, 1.807) is 17.4 Å². The highest BCUT2D eigenvalue weighted by Crippen LogP contribution is 2.29. The van der Waals surface area contributed by atoms with Crippen LogP contribution in [-0.2, 0) is 19.7 Å². The Bertz CT molecular complexity index is 1040. The lowest BCUT2D eigenvalue weighted by Crippen LogP contribution is -2.47. The van der Waals surface area contributed by atoms with Gasteiger partial charge in [0.1, 0.15) is 0 Å². The molecular weight excluding hydrogens is 430 g/mol. The largest absolute Gasteiger partial charge is 0.382 e. The molecule has 0 saturated carbocycles. The standard InChI is InChI=1S/C19H27N3O4S3/c1-21-8-10-22(11-9-21)17(18-5-4-12-27-18)14-20-16-7-6-15(28(2,23)24)13-19(16)29(3,25)26/h4-7,12-13,17,20H,8-11,14H2,1-3H3/t17-/m1/s1. The SMILES string of the molecule is CN1CCN([C@H](CNc2ccc(S(C)(=O)=O)cc2S(C)(=O)=O)c2cccs2)CC1. The van der Waals surface area contributed by atoms with Gasteiger partial charge in [0, 0.05) is 50.1 Å². The lowest BCUT2D eigenvalue weighted by Gasteiger charge is -2.38. The van der Waals surface area contributed by atoms with Crippen molar-refractivity contribution < 1.29 is 16.8 Å². The summed E-state index contributed by atoms with van der Waals surface area (Å²) < 4.78 is 48.3. The smallest absolute Gasteiger partial charge is 0.177 e. The molecule has 160 valence electrons. The van der Waals surface area contributed by atoms with Crippen molar-refractivity contribution in [3.05, 3.63) is 40.6 Å². The van der Waals surface area contributed by atoms with E-state index in [4.69, 9.17) is 0 Å². The maximum Gasteiger partial charge on any atom is 0.177 e. The minimum atomic E-state index is -3.59. The predicted molar refractivity (Wildman–Crippen MR) is 117 cm³/mol. The van der Waals surface area contributed by atoms with Crippen LogP contribution in [0.5, 0.6) is 0 Å². The molecule has 29 heavy (non-hydrogen) atoms. The van der Waals surface area contributed by atoms with Gasteiger partial charge in [0.05, 0.1) is 21.5 Å². The van der Waals surface area contributed by atoms with E-state index >= 15 is 0 Å². The summed E-state index contributed by atoms with van der Waals surface area (Å²) in [6, 6.07) is 8.46. The Morgan fingerprint density at radius 2 is 1.72 bits per heavy atom. The molecule has 2 aromatic rings. The van der Waals surface area contributed by atoms with Gasteiger partial charge in [0.25, 0.3) is 0 Å². The number of thiophene rings is 1. The number of hydrogen-bond donors (Lipinski definition) is 1. The van der Waals surface area contributed by atoms with Crippen LogP contribution in [-0.4, -0.2) is 78.9 Å². The summed E-state index contributed by atoms with van der Waals surface area (Å²) in [5.41, 5.74) is 0.426. The topological polar surface area (TPSA) is 86.8 Å². The van der Waals surface area contributed by atoms with E-state index in [0.717, 1.165) is 38.7 Å². The van der Waals surface area contributed by atoms with Crippen LogP contribution < -0.4 is 5.32 Å². The zero-order valence-corrected chi connectivity index (χ0v) is 19.3. The Morgan fingerprint density at radius 1 is 1.03 bits per heavy atom. The van der Waals surface area contributed by atoms with Crippen LogP contribution in [0.25, 0.3) is 0 Å². The fraction of sp³-hybridized carbons (Fsp3) is 0.474. The molecule has 2 heterocycles. The Hall–Kier alpha value is -1.46. The van der Waals surface area contributed by atoms with Crippen LogP contribution in [0.15, 0.2) is 45.5 Å². The van der Waals surface area contributed by atoms with E-state index in [9.17, 15) is 16.8 Å². The Labute approximate surface area is 177 Å². The monoisotopic (exact) mass is 457 g/mol. The highest BCUT2D eigenvalue weighted by Gasteiger charge is 2.25. The molecule has 1 aromatic carbocycles. The molecule has 1 fully saturated rings. The lowest BCUT2D eigenvalue weighted by atomic mass is 10.1. The molecule has 1 aliphatic rings. The number of hydrogen-bond acceptors (Lipinski definition) is 8. The summed E-state index contributed by atoms with van der Waals surface area (Å²) in [4.78, 5) is 5.92. The van der Waals surface area contributed by atoms with Crippen LogP contribution in [0.2, 0.25) is 0 Å². The molecule has 1 N–H and O–H groups in total. The minimum Gasteiger partial charge on any atom is -0.382 e. The molecule has 0 radical (unpaired) electrons. The molecule has 1 atom stereocenters. The van der Waals surface area contributed by atoms with Crippen molar-refractivity contribution in [3.63, 3.8) is 0 Å². The average Bonchev–Trinajstić information content (AvgIpc) is 3.16. The van der Waals surface area contributed by atoms with Gasteiger partial charge < -0.3 is 10.2 Å². The van der Waals surface area contributed by atoms with E-state index in [-0.39, 0.29) is 15.8 Å². The maximum atomic E-state index is 12.3. The first-order valence-electron chi connectivity index (χ1n) is 9.30. The van der Waals surface area contributed by atoms with E-state index in [1.165, 1.54) is 17.0 Å². The molecule has 3 rings (SSSR count). The Kier molecular flexibility index (Phi) is 6.69. The van der Waals surface area contributed by atoms with Crippen molar-refractivity contribution in [2.75, 3.05) is 57.6 Å². The number of nitrogens with zero attached hydrogens (tertiary/aromatic N) is 2. The lowest BCUT2D eigenvalue weighted by molar-refractivity contribution is 0.118. The molecule has 0 spiro atoms. The summed E-state index contributed by atoms with van der Waals surface area (Å²) in [6.45, 7) is 4.38. The summed E-state index contributed by atoms with van der Waals surface area (Å²) in [7, 11) is -4.98. The van der Waals surface area contributed by atoms with Crippen molar-refractivity contribution in [1.29, 1.82) is 0 Å². The Morgan fingerprint density at radius 3 is 2.28 bits per heavy atom. The van der Waals surface area contributed by atoms with Gasteiger partial charge in [-0.2, -0.15) is 0 Å². The Balaban J connectivity index is 1.87. The second kappa shape index (κ2) is 8.73. The average molecular weight is 458 g/mol. The second-order valence-corrected chi connectivity index (χ2v) is 12.4. The number of likely N-dealkylation sites (N-methyl/N-ethyl adjacent to an activating group) is 1. The third-order valence-electron chi connectivity index (χ3n) is 5.12. The van der Waals surface area contributed by atoms with Crippen molar-refractivity contribution in [2.45, 2.75) is 15.8 Å². The van der Waals surface area contributed by atoms with Crippen LogP contribution in [0.1, 0.15) is 10.9 Å². The zero-order chi connectivity index (χ0) is 21.2. The van der Waals surface area contributed by atoms with E-state index in [1.807, 2.05) is 11.4 Å². The number of benzene rings is 1. The fourth-order valence-corrected chi connectivity index (χ4v) is 5.88. The first kappa shape index (κ1) is 22.2. The molecule has 0 unspecified atom stereocenters. The van der Waals surface area contributed by atoms with Gasteiger partial charge in [-0.25, -0.2) is 16.8 Å². The maximum absolute atomic E-state index is 12.3. The van der Waals surface area contributed by atoms with Gasteiger partial charge in [-0.1, -0.05) is 6.07 Å². The molecule has 1 aliphatic heterocycles. The van der Waals surface area contributed by atoms with Gasteiger partial charge in [0.2, 0.25) is 0 Å². The number of anilines is 1.